The molecule has 1 aromatic rings. The van der Waals surface area contributed by atoms with Crippen molar-refractivity contribution in [2.75, 3.05) is 26.4 Å². The molecule has 1 heterocycles. The van der Waals surface area contributed by atoms with Crippen molar-refractivity contribution in [3.8, 4) is 0 Å². The zero-order valence-electron chi connectivity index (χ0n) is 16.9. The minimum absolute atomic E-state index is 0.238. The van der Waals surface area contributed by atoms with Gasteiger partial charge in [0.05, 0.1) is 39.1 Å². The Morgan fingerprint density at radius 1 is 1.08 bits per heavy atom. The molecule has 0 aliphatic carbocycles. The molecule has 0 fully saturated rings. The third-order valence-corrected chi connectivity index (χ3v) is 2.43. The van der Waals surface area contributed by atoms with Crippen LogP contribution < -0.4 is 5.32 Å². The van der Waals surface area contributed by atoms with Crippen molar-refractivity contribution >= 4 is 12.1 Å². The van der Waals surface area contributed by atoms with E-state index in [9.17, 15) is 9.59 Å². The van der Waals surface area contributed by atoms with Gasteiger partial charge in [0.2, 0.25) is 0 Å². The second kappa shape index (κ2) is 19.2. The lowest BCUT2D eigenvalue weighted by atomic mass is 10.5. The van der Waals surface area contributed by atoms with Crippen LogP contribution in [0, 0.1) is 0 Å². The van der Waals surface area contributed by atoms with E-state index in [1.54, 1.807) is 10.9 Å². The Labute approximate surface area is 156 Å². The third-order valence-electron chi connectivity index (χ3n) is 2.43. The molecule has 0 unspecified atom stereocenters. The van der Waals surface area contributed by atoms with Crippen LogP contribution in [0.25, 0.3) is 0 Å². The summed E-state index contributed by atoms with van der Waals surface area (Å²) in [5, 5.41) is 10.4. The molecule has 0 atom stereocenters. The van der Waals surface area contributed by atoms with Crippen LogP contribution in [0.2, 0.25) is 0 Å². The summed E-state index contributed by atoms with van der Waals surface area (Å²) >= 11 is 0. The summed E-state index contributed by atoms with van der Waals surface area (Å²) in [5.41, 5.74) is 0.633. The largest absolute Gasteiger partial charge is 0.463 e. The number of esters is 1. The second-order valence-electron chi connectivity index (χ2n) is 4.41. The molecule has 0 aliphatic heterocycles. The van der Waals surface area contributed by atoms with Crippen LogP contribution in [-0.4, -0.2) is 53.5 Å². The first-order valence-electron chi connectivity index (χ1n) is 9.12. The van der Waals surface area contributed by atoms with E-state index in [2.05, 4.69) is 15.6 Å². The number of hydrogen-bond donors (Lipinski definition) is 1. The first kappa shape index (κ1) is 26.1. The van der Waals surface area contributed by atoms with Crippen molar-refractivity contribution in [1.82, 2.24) is 20.3 Å². The molecule has 1 N–H and O–H groups in total. The van der Waals surface area contributed by atoms with Gasteiger partial charge in [0, 0.05) is 6.92 Å². The molecule has 1 rings (SSSR count). The molecule has 0 aliphatic rings. The zero-order valence-corrected chi connectivity index (χ0v) is 16.9. The predicted octanol–water partition coefficient (Wildman–Crippen LogP) is 2.55. The van der Waals surface area contributed by atoms with Gasteiger partial charge in [0.1, 0.15) is 12.3 Å². The van der Waals surface area contributed by atoms with Gasteiger partial charge < -0.3 is 19.5 Å². The first-order chi connectivity index (χ1) is 12.6. The smallest absolute Gasteiger partial charge is 0.407 e. The number of alkyl carbamates (subject to hydrolysis) is 1. The SMILES string of the molecule is CC.CC.CCCOC(=O)NCc1cn(CCOCCOC(C)=O)nn1. The molecular formula is C17H34N4O5. The van der Waals surface area contributed by atoms with Gasteiger partial charge in [-0.2, -0.15) is 0 Å². The molecule has 0 radical (unpaired) electrons. The second-order valence-corrected chi connectivity index (χ2v) is 4.41. The fraction of sp³-hybridized carbons (Fsp3) is 0.765. The Balaban J connectivity index is 0. The summed E-state index contributed by atoms with van der Waals surface area (Å²) in [6.07, 6.45) is 2.03. The summed E-state index contributed by atoms with van der Waals surface area (Å²) < 4.78 is 16.5. The van der Waals surface area contributed by atoms with Crippen molar-refractivity contribution in [1.29, 1.82) is 0 Å². The van der Waals surface area contributed by atoms with Crippen molar-refractivity contribution < 1.29 is 23.8 Å². The van der Waals surface area contributed by atoms with Gasteiger partial charge in [-0.15, -0.1) is 5.10 Å². The number of amides is 1. The highest BCUT2D eigenvalue weighted by Crippen LogP contribution is 1.94. The highest BCUT2D eigenvalue weighted by molar-refractivity contribution is 5.67. The van der Waals surface area contributed by atoms with Crippen LogP contribution in [0.3, 0.4) is 0 Å². The highest BCUT2D eigenvalue weighted by Gasteiger charge is 2.04. The quantitative estimate of drug-likeness (QED) is 0.495. The van der Waals surface area contributed by atoms with Gasteiger partial charge in [0.25, 0.3) is 0 Å². The van der Waals surface area contributed by atoms with Gasteiger partial charge in [-0.05, 0) is 6.42 Å². The fourth-order valence-electron chi connectivity index (χ4n) is 1.44. The fourth-order valence-corrected chi connectivity index (χ4v) is 1.44. The van der Waals surface area contributed by atoms with Crippen LogP contribution in [0.5, 0.6) is 0 Å². The lowest BCUT2D eigenvalue weighted by molar-refractivity contribution is -0.142. The average Bonchev–Trinajstić information content (AvgIpc) is 3.12. The summed E-state index contributed by atoms with van der Waals surface area (Å²) in [6, 6.07) is 0. The van der Waals surface area contributed by atoms with E-state index in [1.807, 2.05) is 34.6 Å². The van der Waals surface area contributed by atoms with Gasteiger partial charge in [0.15, 0.2) is 0 Å². The van der Waals surface area contributed by atoms with E-state index in [0.717, 1.165) is 6.42 Å². The lowest BCUT2D eigenvalue weighted by Crippen LogP contribution is -2.24. The molecular weight excluding hydrogens is 340 g/mol. The van der Waals surface area contributed by atoms with Crippen molar-refractivity contribution in [3.63, 3.8) is 0 Å². The molecule has 1 aromatic heterocycles. The highest BCUT2D eigenvalue weighted by atomic mass is 16.6. The van der Waals surface area contributed by atoms with Crippen LogP contribution in [-0.2, 0) is 32.1 Å². The van der Waals surface area contributed by atoms with Crippen LogP contribution in [0.15, 0.2) is 6.20 Å². The summed E-state index contributed by atoms with van der Waals surface area (Å²) in [7, 11) is 0. The Morgan fingerprint density at radius 2 is 1.77 bits per heavy atom. The van der Waals surface area contributed by atoms with Gasteiger partial charge in [-0.1, -0.05) is 39.8 Å². The summed E-state index contributed by atoms with van der Waals surface area (Å²) in [6.45, 7) is 13.5. The topological polar surface area (TPSA) is 105 Å². The van der Waals surface area contributed by atoms with E-state index >= 15 is 0 Å². The van der Waals surface area contributed by atoms with Crippen molar-refractivity contribution in [2.24, 2.45) is 0 Å². The van der Waals surface area contributed by atoms with Crippen LogP contribution >= 0.6 is 0 Å². The maximum atomic E-state index is 11.3. The number of nitrogens with one attached hydrogen (secondary N) is 1. The van der Waals surface area contributed by atoms with Crippen molar-refractivity contribution in [3.05, 3.63) is 11.9 Å². The number of hydrogen-bond acceptors (Lipinski definition) is 7. The zero-order chi connectivity index (χ0) is 20.2. The lowest BCUT2D eigenvalue weighted by Gasteiger charge is -2.04. The molecule has 0 bridgehead atoms. The minimum atomic E-state index is -0.467. The average molecular weight is 374 g/mol. The molecule has 0 saturated heterocycles. The van der Waals surface area contributed by atoms with Gasteiger partial charge in [-0.3, -0.25) is 4.79 Å². The number of aromatic nitrogens is 3. The van der Waals surface area contributed by atoms with Gasteiger partial charge >= 0.3 is 12.1 Å². The van der Waals surface area contributed by atoms with Gasteiger partial charge in [-0.25, -0.2) is 9.48 Å². The number of carbonyl (C=O) groups is 2. The maximum Gasteiger partial charge on any atom is 0.407 e. The van der Waals surface area contributed by atoms with E-state index in [4.69, 9.17) is 14.2 Å². The Kier molecular flexibility index (Phi) is 19.2. The molecule has 0 saturated carbocycles. The third kappa shape index (κ3) is 15.4. The Morgan fingerprint density at radius 3 is 2.38 bits per heavy atom. The molecule has 1 amide bonds. The number of ether oxygens (including phenoxy) is 3. The number of rotatable bonds is 10. The Bertz CT molecular complexity index is 466. The normalized spacial score (nSPS) is 9.15. The van der Waals surface area contributed by atoms with Crippen LogP contribution in [0.1, 0.15) is 53.7 Å². The molecule has 152 valence electrons. The molecule has 0 aromatic carbocycles. The number of nitrogens with zero attached hydrogens (tertiary/aromatic N) is 3. The molecule has 9 heteroatoms. The van der Waals surface area contributed by atoms with Crippen LogP contribution in [0.4, 0.5) is 4.79 Å². The molecule has 26 heavy (non-hydrogen) atoms. The minimum Gasteiger partial charge on any atom is -0.463 e. The predicted molar refractivity (Wildman–Crippen MR) is 98.6 cm³/mol. The Hall–Kier alpha value is -2.16. The summed E-state index contributed by atoms with van der Waals surface area (Å²) in [5.74, 6) is -0.325. The van der Waals surface area contributed by atoms with E-state index in [-0.39, 0.29) is 19.1 Å². The first-order valence-corrected chi connectivity index (χ1v) is 9.12. The monoisotopic (exact) mass is 374 g/mol. The summed E-state index contributed by atoms with van der Waals surface area (Å²) in [4.78, 5) is 21.8. The molecule has 9 nitrogen and oxygen atoms in total. The molecule has 0 spiro atoms. The number of carbonyl (C=O) groups excluding carboxylic acids is 2. The van der Waals surface area contributed by atoms with Crippen molar-refractivity contribution in [2.45, 2.75) is 61.1 Å². The van der Waals surface area contributed by atoms with E-state index in [1.165, 1.54) is 6.92 Å². The maximum absolute atomic E-state index is 11.3. The van der Waals surface area contributed by atoms with E-state index in [0.29, 0.717) is 32.1 Å². The standard InChI is InChI=1S/C13H22N4O5.2C2H6/c1-3-5-22-13(19)14-9-12-10-17(16-15-12)4-6-20-7-8-21-11(2)18;2*1-2/h10H,3-9H2,1-2H3,(H,14,19);2*1-2H3. The van der Waals surface area contributed by atoms with E-state index < -0.39 is 6.09 Å².